The third kappa shape index (κ3) is 3.24. The highest BCUT2D eigenvalue weighted by atomic mass is 35.5. The van der Waals surface area contributed by atoms with Gasteiger partial charge in [0, 0.05) is 16.3 Å². The van der Waals surface area contributed by atoms with Crippen LogP contribution in [-0.4, -0.2) is 6.54 Å². The molecular formula is C11H13Cl2N. The molecule has 0 aliphatic carbocycles. The number of hydrogen-bond acceptors (Lipinski definition) is 1. The van der Waals surface area contributed by atoms with Crippen LogP contribution in [0.5, 0.6) is 0 Å². The second-order valence-corrected chi connectivity index (χ2v) is 3.91. The van der Waals surface area contributed by atoms with Gasteiger partial charge in [-0.1, -0.05) is 29.3 Å². The summed E-state index contributed by atoms with van der Waals surface area (Å²) < 4.78 is 0. The van der Waals surface area contributed by atoms with E-state index in [4.69, 9.17) is 23.2 Å². The van der Waals surface area contributed by atoms with Gasteiger partial charge in [-0.25, -0.2) is 0 Å². The molecule has 0 aromatic heterocycles. The van der Waals surface area contributed by atoms with Crippen molar-refractivity contribution in [2.75, 3.05) is 11.9 Å². The zero-order valence-corrected chi connectivity index (χ0v) is 9.78. The van der Waals surface area contributed by atoms with E-state index < -0.39 is 0 Å². The number of hydrogen-bond donors (Lipinski definition) is 1. The third-order valence-electron chi connectivity index (χ3n) is 2.09. The molecule has 0 atom stereocenters. The van der Waals surface area contributed by atoms with Crippen molar-refractivity contribution in [3.8, 4) is 0 Å². The molecule has 3 heteroatoms. The van der Waals surface area contributed by atoms with Gasteiger partial charge in [0.25, 0.3) is 0 Å². The largest absolute Gasteiger partial charge is 0.380 e. The van der Waals surface area contributed by atoms with E-state index in [9.17, 15) is 0 Å². The van der Waals surface area contributed by atoms with Crippen LogP contribution in [0.4, 0.5) is 5.69 Å². The number of halogens is 2. The maximum absolute atomic E-state index is 5.75. The van der Waals surface area contributed by atoms with Crippen LogP contribution in [0.25, 0.3) is 0 Å². The molecule has 0 saturated heterocycles. The van der Waals surface area contributed by atoms with E-state index >= 15 is 0 Å². The van der Waals surface area contributed by atoms with Crippen molar-refractivity contribution in [2.45, 2.75) is 13.8 Å². The van der Waals surface area contributed by atoms with Crippen molar-refractivity contribution in [1.29, 1.82) is 0 Å². The minimum atomic E-state index is 0.563. The molecular weight excluding hydrogens is 217 g/mol. The van der Waals surface area contributed by atoms with Crippen LogP contribution in [0, 0.1) is 13.8 Å². The lowest BCUT2D eigenvalue weighted by Crippen LogP contribution is -2.01. The summed E-state index contributed by atoms with van der Waals surface area (Å²) in [5.74, 6) is 0. The Morgan fingerprint density at radius 3 is 2.64 bits per heavy atom. The summed E-state index contributed by atoms with van der Waals surface area (Å²) in [5.41, 5.74) is 4.98. The topological polar surface area (TPSA) is 12.0 Å². The lowest BCUT2D eigenvalue weighted by Gasteiger charge is -2.07. The van der Waals surface area contributed by atoms with Crippen molar-refractivity contribution < 1.29 is 0 Å². The molecule has 0 radical (unpaired) electrons. The third-order valence-corrected chi connectivity index (χ3v) is 2.70. The van der Waals surface area contributed by atoms with Crippen LogP contribution in [0.15, 0.2) is 28.8 Å². The number of rotatable bonds is 3. The lowest BCUT2D eigenvalue weighted by molar-refractivity contribution is 1.28. The first-order valence-electron chi connectivity index (χ1n) is 4.39. The quantitative estimate of drug-likeness (QED) is 0.826. The standard InChI is InChI=1S/C11H13Cl2N/c1-8-3-4-11(5-9(8)2)14-7-10(13)6-12/h3-6,14H,7H2,1-2H3. The Labute approximate surface area is 94.7 Å². The molecule has 76 valence electrons. The Morgan fingerprint density at radius 1 is 1.36 bits per heavy atom. The Bertz CT molecular complexity index is 345. The van der Waals surface area contributed by atoms with Gasteiger partial charge in [-0.15, -0.1) is 0 Å². The van der Waals surface area contributed by atoms with Crippen molar-refractivity contribution in [1.82, 2.24) is 0 Å². The highest BCUT2D eigenvalue weighted by Gasteiger charge is 1.96. The Hall–Kier alpha value is -0.660. The average molecular weight is 230 g/mol. The van der Waals surface area contributed by atoms with E-state index in [-0.39, 0.29) is 0 Å². The van der Waals surface area contributed by atoms with Crippen LogP contribution in [0.3, 0.4) is 0 Å². The van der Waals surface area contributed by atoms with Gasteiger partial charge in [-0.2, -0.15) is 0 Å². The van der Waals surface area contributed by atoms with E-state index in [0.717, 1.165) is 5.69 Å². The molecule has 1 aromatic rings. The Morgan fingerprint density at radius 2 is 2.07 bits per heavy atom. The average Bonchev–Trinajstić information content (AvgIpc) is 2.19. The molecule has 1 rings (SSSR count). The van der Waals surface area contributed by atoms with Crippen LogP contribution >= 0.6 is 23.2 Å². The number of aryl methyl sites for hydroxylation is 2. The monoisotopic (exact) mass is 229 g/mol. The zero-order valence-electron chi connectivity index (χ0n) is 8.27. The summed E-state index contributed by atoms with van der Waals surface area (Å²) in [6, 6.07) is 6.20. The molecule has 0 spiro atoms. The fourth-order valence-electron chi connectivity index (χ4n) is 1.08. The first kappa shape index (κ1) is 11.4. The van der Waals surface area contributed by atoms with Crippen LogP contribution in [-0.2, 0) is 0 Å². The number of nitrogens with one attached hydrogen (secondary N) is 1. The maximum Gasteiger partial charge on any atom is 0.0516 e. The van der Waals surface area contributed by atoms with Gasteiger partial charge in [0.1, 0.15) is 0 Å². The first-order chi connectivity index (χ1) is 6.63. The lowest BCUT2D eigenvalue weighted by atomic mass is 10.1. The fraction of sp³-hybridized carbons (Fsp3) is 0.273. The van der Waals surface area contributed by atoms with Crippen molar-refractivity contribution in [2.24, 2.45) is 0 Å². The molecule has 0 aliphatic rings. The first-order valence-corrected chi connectivity index (χ1v) is 5.21. The van der Waals surface area contributed by atoms with E-state index in [0.29, 0.717) is 11.6 Å². The molecule has 0 bridgehead atoms. The molecule has 14 heavy (non-hydrogen) atoms. The summed E-state index contributed by atoms with van der Waals surface area (Å²) in [6.45, 7) is 4.73. The molecule has 0 amide bonds. The van der Waals surface area contributed by atoms with Gasteiger partial charge in [0.05, 0.1) is 6.54 Å². The molecule has 1 aromatic carbocycles. The predicted octanol–water partition coefficient (Wildman–Crippen LogP) is 4.03. The second kappa shape index (κ2) is 5.28. The molecule has 0 heterocycles. The SMILES string of the molecule is Cc1ccc(NCC(Cl)=CCl)cc1C. The molecule has 0 unspecified atom stereocenters. The highest BCUT2D eigenvalue weighted by Crippen LogP contribution is 2.15. The van der Waals surface area contributed by atoms with Gasteiger partial charge in [-0.05, 0) is 37.1 Å². The van der Waals surface area contributed by atoms with E-state index in [1.54, 1.807) is 0 Å². The molecule has 1 nitrogen and oxygen atoms in total. The normalized spacial score (nSPS) is 11.6. The molecule has 0 saturated carbocycles. The number of benzene rings is 1. The summed E-state index contributed by atoms with van der Waals surface area (Å²) in [5, 5.41) is 3.78. The van der Waals surface area contributed by atoms with Gasteiger partial charge >= 0.3 is 0 Å². The molecule has 0 aliphatic heterocycles. The van der Waals surface area contributed by atoms with Crippen molar-refractivity contribution in [3.63, 3.8) is 0 Å². The zero-order chi connectivity index (χ0) is 10.6. The summed E-state index contributed by atoms with van der Waals surface area (Å²) in [7, 11) is 0. The fourth-order valence-corrected chi connectivity index (χ4v) is 1.22. The molecule has 1 N–H and O–H groups in total. The van der Waals surface area contributed by atoms with Gasteiger partial charge < -0.3 is 5.32 Å². The van der Waals surface area contributed by atoms with Crippen LogP contribution < -0.4 is 5.32 Å². The Kier molecular flexibility index (Phi) is 4.30. The minimum Gasteiger partial charge on any atom is -0.380 e. The van der Waals surface area contributed by atoms with Gasteiger partial charge in [0.2, 0.25) is 0 Å². The van der Waals surface area contributed by atoms with Crippen molar-refractivity contribution in [3.05, 3.63) is 39.9 Å². The molecule has 0 fully saturated rings. The minimum absolute atomic E-state index is 0.563. The van der Waals surface area contributed by atoms with Crippen LogP contribution in [0.2, 0.25) is 0 Å². The highest BCUT2D eigenvalue weighted by molar-refractivity contribution is 6.36. The summed E-state index contributed by atoms with van der Waals surface area (Å²) in [4.78, 5) is 0. The summed E-state index contributed by atoms with van der Waals surface area (Å²) >= 11 is 11.2. The smallest absolute Gasteiger partial charge is 0.0516 e. The number of anilines is 1. The van der Waals surface area contributed by atoms with Crippen LogP contribution in [0.1, 0.15) is 11.1 Å². The van der Waals surface area contributed by atoms with E-state index in [1.165, 1.54) is 16.7 Å². The second-order valence-electron chi connectivity index (χ2n) is 3.21. The van der Waals surface area contributed by atoms with E-state index in [2.05, 4.69) is 31.3 Å². The predicted molar refractivity (Wildman–Crippen MR) is 64.2 cm³/mol. The van der Waals surface area contributed by atoms with E-state index in [1.807, 2.05) is 6.07 Å². The Balaban J connectivity index is 2.64. The summed E-state index contributed by atoms with van der Waals surface area (Å²) in [6.07, 6.45) is 0. The van der Waals surface area contributed by atoms with Gasteiger partial charge in [-0.3, -0.25) is 0 Å². The maximum atomic E-state index is 5.75. The van der Waals surface area contributed by atoms with Crippen molar-refractivity contribution >= 4 is 28.9 Å². The van der Waals surface area contributed by atoms with Gasteiger partial charge in [0.15, 0.2) is 0 Å².